The van der Waals surface area contributed by atoms with Gasteiger partial charge in [0.25, 0.3) is 0 Å². The summed E-state index contributed by atoms with van der Waals surface area (Å²) in [7, 11) is 0. The number of amides is 1. The molecule has 0 aromatic rings. The van der Waals surface area contributed by atoms with E-state index >= 15 is 0 Å². The average Bonchev–Trinajstić information content (AvgIpc) is 2.12. The highest BCUT2D eigenvalue weighted by atomic mass is 35.5. The monoisotopic (exact) mass is 261 g/mol. The number of thiol groups is 1. The summed E-state index contributed by atoms with van der Waals surface area (Å²) in [4.78, 5) is 11.0. The number of hydrogen-bond donors (Lipinski definition) is 2. The molecule has 1 unspecified atom stereocenters. The molecule has 0 fully saturated rings. The molecule has 4 heteroatoms. The van der Waals surface area contributed by atoms with Crippen LogP contribution in [0.3, 0.4) is 0 Å². The standard InChI is InChI=1S/C12H20ClNOS/c1-5-6-11(2,3)8-12(4,16)9-14-10(15)7-13/h1,16H,6-9H2,2-4H3,(H,14,15). The Bertz CT molecular complexity index is 281. The highest BCUT2D eigenvalue weighted by Gasteiger charge is 2.29. The molecule has 0 saturated heterocycles. The predicted octanol–water partition coefficient (Wildman–Crippen LogP) is 2.47. The molecule has 0 aromatic carbocycles. The minimum Gasteiger partial charge on any atom is -0.354 e. The summed E-state index contributed by atoms with van der Waals surface area (Å²) >= 11 is 9.96. The van der Waals surface area contributed by atoms with Gasteiger partial charge in [0.15, 0.2) is 0 Å². The van der Waals surface area contributed by atoms with E-state index in [1.54, 1.807) is 0 Å². The van der Waals surface area contributed by atoms with Gasteiger partial charge in [0, 0.05) is 17.7 Å². The van der Waals surface area contributed by atoms with E-state index in [9.17, 15) is 4.79 Å². The molecule has 16 heavy (non-hydrogen) atoms. The van der Waals surface area contributed by atoms with Crippen molar-refractivity contribution < 1.29 is 4.79 Å². The Hall–Kier alpha value is -0.330. The first-order chi connectivity index (χ1) is 7.22. The van der Waals surface area contributed by atoms with Crippen LogP contribution in [0, 0.1) is 17.8 Å². The Morgan fingerprint density at radius 3 is 2.50 bits per heavy atom. The molecule has 0 radical (unpaired) electrons. The second-order valence-corrected chi connectivity index (χ2v) is 6.48. The first kappa shape index (κ1) is 15.7. The van der Waals surface area contributed by atoms with Gasteiger partial charge in [-0.15, -0.1) is 23.9 Å². The van der Waals surface area contributed by atoms with Crippen LogP contribution in [-0.4, -0.2) is 23.1 Å². The first-order valence-corrected chi connectivity index (χ1v) is 6.19. The third-order valence-electron chi connectivity index (χ3n) is 2.23. The molecule has 0 aromatic heterocycles. The molecule has 0 aliphatic carbocycles. The molecule has 0 spiro atoms. The van der Waals surface area contributed by atoms with Crippen molar-refractivity contribution in [1.29, 1.82) is 0 Å². The van der Waals surface area contributed by atoms with Gasteiger partial charge in [0.2, 0.25) is 5.91 Å². The smallest absolute Gasteiger partial charge is 0.234 e. The largest absolute Gasteiger partial charge is 0.354 e. The van der Waals surface area contributed by atoms with Crippen LogP contribution in [0.5, 0.6) is 0 Å². The molecule has 1 amide bonds. The third kappa shape index (κ3) is 7.03. The van der Waals surface area contributed by atoms with E-state index in [2.05, 4.69) is 37.7 Å². The lowest BCUT2D eigenvalue weighted by Gasteiger charge is -2.33. The van der Waals surface area contributed by atoms with Crippen molar-refractivity contribution in [1.82, 2.24) is 5.32 Å². The maximum Gasteiger partial charge on any atom is 0.234 e. The average molecular weight is 262 g/mol. The van der Waals surface area contributed by atoms with Crippen molar-refractivity contribution in [3.05, 3.63) is 0 Å². The molecule has 0 rings (SSSR count). The molecule has 92 valence electrons. The summed E-state index contributed by atoms with van der Waals surface area (Å²) < 4.78 is -0.276. The van der Waals surface area contributed by atoms with E-state index in [1.807, 2.05) is 6.92 Å². The van der Waals surface area contributed by atoms with Gasteiger partial charge in [-0.3, -0.25) is 4.79 Å². The molecule has 0 aliphatic heterocycles. The Morgan fingerprint density at radius 1 is 1.50 bits per heavy atom. The fourth-order valence-electron chi connectivity index (χ4n) is 1.77. The Balaban J connectivity index is 4.24. The van der Waals surface area contributed by atoms with Crippen LogP contribution < -0.4 is 5.32 Å². The highest BCUT2D eigenvalue weighted by molar-refractivity contribution is 7.81. The van der Waals surface area contributed by atoms with Gasteiger partial charge in [-0.25, -0.2) is 0 Å². The molecule has 1 N–H and O–H groups in total. The summed E-state index contributed by atoms with van der Waals surface area (Å²) in [6, 6.07) is 0. The van der Waals surface area contributed by atoms with Gasteiger partial charge >= 0.3 is 0 Å². The molecular weight excluding hydrogens is 242 g/mol. The van der Waals surface area contributed by atoms with Gasteiger partial charge in [0.05, 0.1) is 0 Å². The fourth-order valence-corrected chi connectivity index (χ4v) is 2.37. The van der Waals surface area contributed by atoms with Gasteiger partial charge in [-0.1, -0.05) is 13.8 Å². The second kappa shape index (κ2) is 6.42. The summed E-state index contributed by atoms with van der Waals surface area (Å²) in [6.45, 7) is 6.69. The SMILES string of the molecule is C#CCC(C)(C)CC(C)(S)CNC(=O)CCl. The van der Waals surface area contributed by atoms with E-state index in [0.29, 0.717) is 13.0 Å². The number of hydrogen-bond acceptors (Lipinski definition) is 2. The minimum absolute atomic E-state index is 0.0163. The lowest BCUT2D eigenvalue weighted by molar-refractivity contribution is -0.118. The van der Waals surface area contributed by atoms with Crippen LogP contribution in [0.2, 0.25) is 0 Å². The number of terminal acetylenes is 1. The zero-order valence-electron chi connectivity index (χ0n) is 10.1. The number of alkyl halides is 1. The zero-order chi connectivity index (χ0) is 12.8. The Labute approximate surface area is 109 Å². The Kier molecular flexibility index (Phi) is 6.28. The number of nitrogens with one attached hydrogen (secondary N) is 1. The summed E-state index contributed by atoms with van der Waals surface area (Å²) in [5.41, 5.74) is 0.0247. The maximum absolute atomic E-state index is 11.0. The number of carbonyl (C=O) groups excluding carboxylic acids is 1. The van der Waals surface area contributed by atoms with E-state index in [4.69, 9.17) is 18.0 Å². The fraction of sp³-hybridized carbons (Fsp3) is 0.750. The molecule has 0 aliphatic rings. The van der Waals surface area contributed by atoms with E-state index in [0.717, 1.165) is 6.42 Å². The first-order valence-electron chi connectivity index (χ1n) is 5.21. The van der Waals surface area contributed by atoms with E-state index < -0.39 is 0 Å². The normalized spacial score (nSPS) is 15.0. The van der Waals surface area contributed by atoms with Crippen molar-refractivity contribution in [3.8, 4) is 12.3 Å². The van der Waals surface area contributed by atoms with Crippen molar-refractivity contribution in [2.24, 2.45) is 5.41 Å². The predicted molar refractivity (Wildman–Crippen MR) is 73.0 cm³/mol. The summed E-state index contributed by atoms with van der Waals surface area (Å²) in [6.07, 6.45) is 6.85. The van der Waals surface area contributed by atoms with Crippen molar-refractivity contribution in [2.45, 2.75) is 38.4 Å². The van der Waals surface area contributed by atoms with Gasteiger partial charge in [0.1, 0.15) is 5.88 Å². The lowest BCUT2D eigenvalue weighted by atomic mass is 9.80. The van der Waals surface area contributed by atoms with Crippen molar-refractivity contribution in [2.75, 3.05) is 12.4 Å². The number of rotatable bonds is 6. The molecular formula is C12H20ClNOS. The lowest BCUT2D eigenvalue weighted by Crippen LogP contribution is -2.40. The number of halogens is 1. The van der Waals surface area contributed by atoms with E-state index in [1.165, 1.54) is 0 Å². The van der Waals surface area contributed by atoms with Crippen LogP contribution in [0.4, 0.5) is 0 Å². The Morgan fingerprint density at radius 2 is 2.06 bits per heavy atom. The van der Waals surface area contributed by atoms with Crippen molar-refractivity contribution >= 4 is 30.1 Å². The maximum atomic E-state index is 11.0. The van der Waals surface area contributed by atoms with Crippen LogP contribution in [0.1, 0.15) is 33.6 Å². The van der Waals surface area contributed by atoms with Gasteiger partial charge in [-0.05, 0) is 18.8 Å². The molecule has 0 saturated carbocycles. The van der Waals surface area contributed by atoms with Crippen LogP contribution in [-0.2, 0) is 4.79 Å². The quantitative estimate of drug-likeness (QED) is 0.429. The van der Waals surface area contributed by atoms with E-state index in [-0.39, 0.29) is 21.9 Å². The molecule has 0 heterocycles. The van der Waals surface area contributed by atoms with Gasteiger partial charge < -0.3 is 5.32 Å². The third-order valence-corrected chi connectivity index (χ3v) is 2.79. The number of carbonyl (C=O) groups is 1. The van der Waals surface area contributed by atoms with Crippen LogP contribution >= 0.6 is 24.2 Å². The summed E-state index contributed by atoms with van der Waals surface area (Å²) in [5.74, 6) is 2.48. The van der Waals surface area contributed by atoms with Crippen molar-refractivity contribution in [3.63, 3.8) is 0 Å². The molecule has 2 nitrogen and oxygen atoms in total. The van der Waals surface area contributed by atoms with Crippen LogP contribution in [0.15, 0.2) is 0 Å². The van der Waals surface area contributed by atoms with Gasteiger partial charge in [-0.2, -0.15) is 12.6 Å². The topological polar surface area (TPSA) is 29.1 Å². The highest BCUT2D eigenvalue weighted by Crippen LogP contribution is 2.34. The molecule has 1 atom stereocenters. The van der Waals surface area contributed by atoms with Crippen LogP contribution in [0.25, 0.3) is 0 Å². The second-order valence-electron chi connectivity index (χ2n) is 5.13. The molecule has 0 bridgehead atoms. The summed E-state index contributed by atoms with van der Waals surface area (Å²) in [5, 5.41) is 2.74. The minimum atomic E-state index is -0.276. The zero-order valence-corrected chi connectivity index (χ0v) is 11.8.